The second-order valence-corrected chi connectivity index (χ2v) is 4.18. The number of anilines is 3. The number of hydrogen-bond acceptors (Lipinski definition) is 4. The zero-order valence-corrected chi connectivity index (χ0v) is 10.5. The molecular weight excluding hydrogens is 268 g/mol. The fourth-order valence-electron chi connectivity index (χ4n) is 1.77. The largest absolute Gasteiger partial charge is 0.393 e. The van der Waals surface area contributed by atoms with Crippen LogP contribution in [0.25, 0.3) is 0 Å². The fourth-order valence-corrected chi connectivity index (χ4v) is 1.77. The lowest BCUT2D eigenvalue weighted by Gasteiger charge is -2.11. The SMILES string of the molecule is Cc1ccc(F)c(Nc2cccc(N)c2[N+](=O)[O-])c1F. The van der Waals surface area contributed by atoms with E-state index in [0.29, 0.717) is 0 Å². The van der Waals surface area contributed by atoms with E-state index in [0.717, 1.165) is 6.07 Å². The van der Waals surface area contributed by atoms with Crippen molar-refractivity contribution in [2.45, 2.75) is 6.92 Å². The third-order valence-corrected chi connectivity index (χ3v) is 2.79. The number of nitrogen functional groups attached to an aromatic ring is 1. The summed E-state index contributed by atoms with van der Waals surface area (Å²) < 4.78 is 27.5. The van der Waals surface area contributed by atoms with E-state index in [1.165, 1.54) is 31.2 Å². The van der Waals surface area contributed by atoms with Crippen molar-refractivity contribution >= 4 is 22.7 Å². The molecule has 0 atom stereocenters. The summed E-state index contributed by atoms with van der Waals surface area (Å²) in [6.07, 6.45) is 0. The van der Waals surface area contributed by atoms with Crippen LogP contribution in [0.1, 0.15) is 5.56 Å². The summed E-state index contributed by atoms with van der Waals surface area (Å²) in [5.74, 6) is -1.65. The van der Waals surface area contributed by atoms with Crippen molar-refractivity contribution in [3.63, 3.8) is 0 Å². The van der Waals surface area contributed by atoms with Gasteiger partial charge in [0.05, 0.1) is 4.92 Å². The minimum absolute atomic E-state index is 0.0709. The Hall–Kier alpha value is -2.70. The quantitative estimate of drug-likeness (QED) is 0.512. The molecule has 0 saturated heterocycles. The molecule has 3 N–H and O–H groups in total. The third kappa shape index (κ3) is 2.37. The van der Waals surface area contributed by atoms with Crippen LogP contribution in [0.2, 0.25) is 0 Å². The van der Waals surface area contributed by atoms with Gasteiger partial charge >= 0.3 is 5.69 Å². The number of rotatable bonds is 3. The van der Waals surface area contributed by atoms with Crippen molar-refractivity contribution in [2.24, 2.45) is 0 Å². The second kappa shape index (κ2) is 5.12. The highest BCUT2D eigenvalue weighted by Gasteiger charge is 2.20. The van der Waals surface area contributed by atoms with Crippen LogP contribution < -0.4 is 11.1 Å². The van der Waals surface area contributed by atoms with Crippen LogP contribution in [-0.2, 0) is 0 Å². The Morgan fingerprint density at radius 2 is 1.95 bits per heavy atom. The first kappa shape index (κ1) is 13.7. The first-order chi connectivity index (χ1) is 9.41. The van der Waals surface area contributed by atoms with E-state index in [-0.39, 0.29) is 16.9 Å². The smallest absolute Gasteiger partial charge is 0.315 e. The molecule has 2 aromatic rings. The topological polar surface area (TPSA) is 81.2 Å². The Bertz CT molecular complexity index is 690. The molecule has 2 aromatic carbocycles. The number of nitrogens with two attached hydrogens (primary N) is 1. The first-order valence-electron chi connectivity index (χ1n) is 5.66. The lowest BCUT2D eigenvalue weighted by Crippen LogP contribution is -2.04. The van der Waals surface area contributed by atoms with E-state index in [9.17, 15) is 18.9 Å². The molecule has 0 spiro atoms. The maximum atomic E-state index is 13.9. The average Bonchev–Trinajstić information content (AvgIpc) is 2.39. The number of aryl methyl sites for hydroxylation is 1. The van der Waals surface area contributed by atoms with Crippen molar-refractivity contribution in [3.8, 4) is 0 Å². The number of nitrogens with one attached hydrogen (secondary N) is 1. The van der Waals surface area contributed by atoms with Crippen molar-refractivity contribution in [1.29, 1.82) is 0 Å². The minimum Gasteiger partial charge on any atom is -0.393 e. The zero-order chi connectivity index (χ0) is 14.9. The van der Waals surface area contributed by atoms with Crippen molar-refractivity contribution in [2.75, 3.05) is 11.1 Å². The predicted molar refractivity (Wildman–Crippen MR) is 71.9 cm³/mol. The van der Waals surface area contributed by atoms with Crippen LogP contribution in [0.3, 0.4) is 0 Å². The standard InChI is InChI=1S/C13H11F2N3O2/c1-7-5-6-8(14)12(11(7)15)17-10-4-2-3-9(16)13(10)18(19)20/h2-6,17H,16H2,1H3. The molecule has 0 aromatic heterocycles. The minimum atomic E-state index is -0.843. The van der Waals surface area contributed by atoms with Crippen molar-refractivity contribution in [1.82, 2.24) is 0 Å². The van der Waals surface area contributed by atoms with E-state index < -0.39 is 27.9 Å². The Kier molecular flexibility index (Phi) is 3.51. The van der Waals surface area contributed by atoms with Gasteiger partial charge in [-0.1, -0.05) is 12.1 Å². The molecule has 2 rings (SSSR count). The highest BCUT2D eigenvalue weighted by Crippen LogP contribution is 2.34. The zero-order valence-electron chi connectivity index (χ0n) is 10.5. The van der Waals surface area contributed by atoms with Gasteiger partial charge in [0.25, 0.3) is 0 Å². The Morgan fingerprint density at radius 3 is 2.60 bits per heavy atom. The summed E-state index contributed by atoms with van der Waals surface area (Å²) in [5.41, 5.74) is 4.71. The van der Waals surface area contributed by atoms with Gasteiger partial charge in [0, 0.05) is 0 Å². The maximum absolute atomic E-state index is 13.9. The fraction of sp³-hybridized carbons (Fsp3) is 0.0769. The van der Waals surface area contributed by atoms with E-state index >= 15 is 0 Å². The van der Waals surface area contributed by atoms with Crippen molar-refractivity contribution < 1.29 is 13.7 Å². The number of benzene rings is 2. The second-order valence-electron chi connectivity index (χ2n) is 4.18. The monoisotopic (exact) mass is 279 g/mol. The third-order valence-electron chi connectivity index (χ3n) is 2.79. The number of para-hydroxylation sites is 1. The molecule has 0 aliphatic heterocycles. The number of nitro groups is 1. The average molecular weight is 279 g/mol. The molecule has 0 radical (unpaired) electrons. The molecular formula is C13H11F2N3O2. The Labute approximate surface area is 113 Å². The van der Waals surface area contributed by atoms with Gasteiger partial charge < -0.3 is 11.1 Å². The summed E-state index contributed by atoms with van der Waals surface area (Å²) in [6.45, 7) is 1.47. The molecule has 0 unspecified atom stereocenters. The van der Waals surface area contributed by atoms with Gasteiger partial charge in [0.15, 0.2) is 5.82 Å². The molecule has 0 heterocycles. The van der Waals surface area contributed by atoms with Crippen molar-refractivity contribution in [3.05, 3.63) is 57.6 Å². The maximum Gasteiger partial charge on any atom is 0.315 e. The van der Waals surface area contributed by atoms with E-state index in [2.05, 4.69) is 5.32 Å². The van der Waals surface area contributed by atoms with Gasteiger partial charge in [0.1, 0.15) is 22.9 Å². The molecule has 20 heavy (non-hydrogen) atoms. The lowest BCUT2D eigenvalue weighted by atomic mass is 10.1. The highest BCUT2D eigenvalue weighted by molar-refractivity contribution is 5.78. The number of hydrogen-bond donors (Lipinski definition) is 2. The van der Waals surface area contributed by atoms with Crippen LogP contribution in [0.4, 0.5) is 31.5 Å². The first-order valence-corrected chi connectivity index (χ1v) is 5.66. The molecule has 0 amide bonds. The van der Waals surface area contributed by atoms with Gasteiger partial charge in [-0.3, -0.25) is 10.1 Å². The summed E-state index contributed by atoms with van der Waals surface area (Å²) in [7, 11) is 0. The lowest BCUT2D eigenvalue weighted by molar-refractivity contribution is -0.383. The van der Waals surface area contributed by atoms with E-state index in [4.69, 9.17) is 5.73 Å². The summed E-state index contributed by atoms with van der Waals surface area (Å²) >= 11 is 0. The molecule has 0 aliphatic rings. The summed E-state index contributed by atoms with van der Waals surface area (Å²) in [6, 6.07) is 6.49. The summed E-state index contributed by atoms with van der Waals surface area (Å²) in [4.78, 5) is 10.3. The van der Waals surface area contributed by atoms with Gasteiger partial charge in [0.2, 0.25) is 0 Å². The van der Waals surface area contributed by atoms with Crippen LogP contribution in [0, 0.1) is 28.7 Å². The van der Waals surface area contributed by atoms with Crippen LogP contribution in [-0.4, -0.2) is 4.92 Å². The van der Waals surface area contributed by atoms with E-state index in [1.807, 2.05) is 0 Å². The van der Waals surface area contributed by atoms with Crippen LogP contribution in [0.5, 0.6) is 0 Å². The summed E-state index contributed by atoms with van der Waals surface area (Å²) in [5, 5.41) is 13.4. The predicted octanol–water partition coefficient (Wildman–Crippen LogP) is 3.51. The normalized spacial score (nSPS) is 10.3. The number of halogens is 2. The van der Waals surface area contributed by atoms with Gasteiger partial charge in [-0.25, -0.2) is 8.78 Å². The molecule has 0 saturated carbocycles. The number of nitrogens with zero attached hydrogens (tertiary/aromatic N) is 1. The molecule has 0 aliphatic carbocycles. The van der Waals surface area contributed by atoms with Crippen LogP contribution in [0.15, 0.2) is 30.3 Å². The van der Waals surface area contributed by atoms with Gasteiger partial charge in [-0.2, -0.15) is 0 Å². The Morgan fingerprint density at radius 1 is 1.25 bits per heavy atom. The molecule has 104 valence electrons. The van der Waals surface area contributed by atoms with Gasteiger partial charge in [-0.15, -0.1) is 0 Å². The number of nitro benzene ring substituents is 1. The van der Waals surface area contributed by atoms with Gasteiger partial charge in [-0.05, 0) is 30.7 Å². The van der Waals surface area contributed by atoms with E-state index in [1.54, 1.807) is 0 Å². The molecule has 0 fully saturated rings. The van der Waals surface area contributed by atoms with Crippen LogP contribution >= 0.6 is 0 Å². The molecule has 7 heteroatoms. The highest BCUT2D eigenvalue weighted by atomic mass is 19.1. The molecule has 5 nitrogen and oxygen atoms in total. The Balaban J connectivity index is 2.54. The molecule has 0 bridgehead atoms.